The number of hydrogen-bond donors (Lipinski definition) is 2. The Labute approximate surface area is 114 Å². The maximum absolute atomic E-state index is 12.1. The fourth-order valence-electron chi connectivity index (χ4n) is 2.42. The molecule has 4 heteroatoms. The van der Waals surface area contributed by atoms with E-state index < -0.39 is 0 Å². The summed E-state index contributed by atoms with van der Waals surface area (Å²) >= 11 is 0. The maximum atomic E-state index is 12.1. The Kier molecular flexibility index (Phi) is 2.23. The summed E-state index contributed by atoms with van der Waals surface area (Å²) in [6, 6.07) is 15.3. The smallest absolute Gasteiger partial charge is 0.259 e. The third-order valence-electron chi connectivity index (χ3n) is 3.44. The number of fused-ring (bicyclic) bond motifs is 2. The van der Waals surface area contributed by atoms with Gasteiger partial charge in [0.15, 0.2) is 0 Å². The molecule has 4 nitrogen and oxygen atoms in total. The quantitative estimate of drug-likeness (QED) is 0.553. The second-order valence-corrected chi connectivity index (χ2v) is 4.71. The van der Waals surface area contributed by atoms with Crippen molar-refractivity contribution in [1.82, 2.24) is 15.0 Å². The minimum atomic E-state index is -0.111. The number of nitrogens with zero attached hydrogens (tertiary/aromatic N) is 1. The van der Waals surface area contributed by atoms with E-state index in [9.17, 15) is 4.79 Å². The molecule has 0 bridgehead atoms. The Balaban J connectivity index is 1.99. The van der Waals surface area contributed by atoms with Gasteiger partial charge in [-0.05, 0) is 36.4 Å². The predicted molar refractivity (Wildman–Crippen MR) is 79.7 cm³/mol. The number of nitrogens with one attached hydrogen (secondary N) is 2. The monoisotopic (exact) mass is 261 g/mol. The Morgan fingerprint density at radius 2 is 1.90 bits per heavy atom. The molecule has 4 aromatic rings. The lowest BCUT2D eigenvalue weighted by Gasteiger charge is -2.03. The topological polar surface area (TPSA) is 61.5 Å². The summed E-state index contributed by atoms with van der Waals surface area (Å²) in [6.07, 6.45) is 1.89. The zero-order chi connectivity index (χ0) is 13.5. The SMILES string of the molecule is O=c1[nH]c(-c2ccc3[nH]ccc3c2)nc2ccccc12. The third-order valence-corrected chi connectivity index (χ3v) is 3.44. The highest BCUT2D eigenvalue weighted by atomic mass is 16.1. The molecular weight excluding hydrogens is 250 g/mol. The molecule has 0 fully saturated rings. The van der Waals surface area contributed by atoms with Gasteiger partial charge < -0.3 is 9.97 Å². The van der Waals surface area contributed by atoms with Crippen molar-refractivity contribution in [3.63, 3.8) is 0 Å². The van der Waals surface area contributed by atoms with Crippen LogP contribution in [0.25, 0.3) is 33.2 Å². The lowest BCUT2D eigenvalue weighted by atomic mass is 10.1. The Bertz CT molecular complexity index is 982. The molecular formula is C16H11N3O. The van der Waals surface area contributed by atoms with E-state index in [4.69, 9.17) is 0 Å². The van der Waals surface area contributed by atoms with Gasteiger partial charge in [0.25, 0.3) is 5.56 Å². The van der Waals surface area contributed by atoms with Gasteiger partial charge in [0.1, 0.15) is 5.82 Å². The van der Waals surface area contributed by atoms with Crippen LogP contribution in [0.1, 0.15) is 0 Å². The van der Waals surface area contributed by atoms with Gasteiger partial charge in [0.05, 0.1) is 10.9 Å². The van der Waals surface area contributed by atoms with Crippen molar-refractivity contribution in [2.75, 3.05) is 0 Å². The molecule has 0 spiro atoms. The van der Waals surface area contributed by atoms with E-state index in [1.807, 2.05) is 48.7 Å². The van der Waals surface area contributed by atoms with Crippen LogP contribution in [0.3, 0.4) is 0 Å². The number of benzene rings is 2. The second kappa shape index (κ2) is 4.06. The summed E-state index contributed by atoms with van der Waals surface area (Å²) in [5.41, 5.74) is 2.57. The largest absolute Gasteiger partial charge is 0.361 e. The molecule has 0 aliphatic heterocycles. The summed E-state index contributed by atoms with van der Waals surface area (Å²) in [6.45, 7) is 0. The van der Waals surface area contributed by atoms with Crippen molar-refractivity contribution in [2.45, 2.75) is 0 Å². The molecule has 2 aromatic heterocycles. The highest BCUT2D eigenvalue weighted by molar-refractivity contribution is 5.85. The first-order chi connectivity index (χ1) is 9.81. The van der Waals surface area contributed by atoms with Crippen molar-refractivity contribution >= 4 is 21.8 Å². The Hall–Kier alpha value is -2.88. The first-order valence-electron chi connectivity index (χ1n) is 6.38. The van der Waals surface area contributed by atoms with E-state index in [1.54, 1.807) is 6.07 Å². The molecule has 0 aliphatic rings. The number of rotatable bonds is 1. The van der Waals surface area contributed by atoms with Gasteiger partial charge in [-0.1, -0.05) is 12.1 Å². The molecule has 4 rings (SSSR count). The number of para-hydroxylation sites is 1. The van der Waals surface area contributed by atoms with Gasteiger partial charge in [0, 0.05) is 22.7 Å². The van der Waals surface area contributed by atoms with E-state index in [0.29, 0.717) is 16.7 Å². The van der Waals surface area contributed by atoms with E-state index in [1.165, 1.54) is 0 Å². The minimum Gasteiger partial charge on any atom is -0.361 e. The lowest BCUT2D eigenvalue weighted by Crippen LogP contribution is -2.09. The van der Waals surface area contributed by atoms with Crippen LogP contribution in [0.5, 0.6) is 0 Å². The van der Waals surface area contributed by atoms with Crippen LogP contribution < -0.4 is 5.56 Å². The molecule has 0 saturated carbocycles. The van der Waals surface area contributed by atoms with Crippen molar-refractivity contribution < 1.29 is 0 Å². The van der Waals surface area contributed by atoms with Crippen LogP contribution in [0.2, 0.25) is 0 Å². The van der Waals surface area contributed by atoms with Crippen LogP contribution in [-0.2, 0) is 0 Å². The first kappa shape index (κ1) is 11.0. The van der Waals surface area contributed by atoms with Crippen LogP contribution in [0.4, 0.5) is 0 Å². The molecule has 0 unspecified atom stereocenters. The maximum Gasteiger partial charge on any atom is 0.259 e. The van der Waals surface area contributed by atoms with Crippen LogP contribution in [-0.4, -0.2) is 15.0 Å². The average Bonchev–Trinajstić information content (AvgIpc) is 2.94. The Morgan fingerprint density at radius 1 is 1.00 bits per heavy atom. The van der Waals surface area contributed by atoms with Crippen molar-refractivity contribution in [1.29, 1.82) is 0 Å². The second-order valence-electron chi connectivity index (χ2n) is 4.71. The summed E-state index contributed by atoms with van der Waals surface area (Å²) in [5, 5.41) is 1.71. The number of H-pyrrole nitrogens is 2. The van der Waals surface area contributed by atoms with Crippen LogP contribution in [0, 0.1) is 0 Å². The van der Waals surface area contributed by atoms with Crippen molar-refractivity contribution in [3.8, 4) is 11.4 Å². The molecule has 2 aromatic carbocycles. The molecule has 0 aliphatic carbocycles. The van der Waals surface area contributed by atoms with Gasteiger partial charge in [-0.15, -0.1) is 0 Å². The molecule has 0 atom stereocenters. The fraction of sp³-hybridized carbons (Fsp3) is 0. The summed E-state index contributed by atoms with van der Waals surface area (Å²) in [7, 11) is 0. The molecule has 96 valence electrons. The lowest BCUT2D eigenvalue weighted by molar-refractivity contribution is 1.18. The van der Waals surface area contributed by atoms with Gasteiger partial charge in [0.2, 0.25) is 0 Å². The number of hydrogen-bond acceptors (Lipinski definition) is 2. The van der Waals surface area contributed by atoms with Gasteiger partial charge in [-0.25, -0.2) is 4.98 Å². The molecule has 0 radical (unpaired) electrons. The summed E-state index contributed by atoms with van der Waals surface area (Å²) in [5.74, 6) is 0.594. The van der Waals surface area contributed by atoms with Crippen molar-refractivity contribution in [3.05, 3.63) is 65.1 Å². The standard InChI is InChI=1S/C16H11N3O/c20-16-12-3-1-2-4-14(12)18-15(19-16)11-5-6-13-10(9-11)7-8-17-13/h1-9,17H,(H,18,19,20). The van der Waals surface area contributed by atoms with Gasteiger partial charge in [-0.2, -0.15) is 0 Å². The zero-order valence-corrected chi connectivity index (χ0v) is 10.6. The average molecular weight is 261 g/mol. The zero-order valence-electron chi connectivity index (χ0n) is 10.6. The van der Waals surface area contributed by atoms with Crippen molar-refractivity contribution in [2.24, 2.45) is 0 Å². The summed E-state index contributed by atoms with van der Waals surface area (Å²) < 4.78 is 0. The third kappa shape index (κ3) is 1.62. The van der Waals surface area contributed by atoms with E-state index in [-0.39, 0.29) is 5.56 Å². The summed E-state index contributed by atoms with van der Waals surface area (Å²) in [4.78, 5) is 22.6. The highest BCUT2D eigenvalue weighted by Gasteiger charge is 2.06. The first-order valence-corrected chi connectivity index (χ1v) is 6.38. The molecule has 0 amide bonds. The predicted octanol–water partition coefficient (Wildman–Crippen LogP) is 3.07. The van der Waals surface area contributed by atoms with Gasteiger partial charge in [-0.3, -0.25) is 4.79 Å². The minimum absolute atomic E-state index is 0.111. The van der Waals surface area contributed by atoms with E-state index in [2.05, 4.69) is 15.0 Å². The number of aromatic amines is 2. The molecule has 20 heavy (non-hydrogen) atoms. The van der Waals surface area contributed by atoms with Crippen LogP contribution >= 0.6 is 0 Å². The molecule has 2 heterocycles. The number of aromatic nitrogens is 3. The molecule has 2 N–H and O–H groups in total. The van der Waals surface area contributed by atoms with E-state index in [0.717, 1.165) is 16.5 Å². The highest BCUT2D eigenvalue weighted by Crippen LogP contribution is 2.21. The normalized spacial score (nSPS) is 11.2. The van der Waals surface area contributed by atoms with E-state index >= 15 is 0 Å². The van der Waals surface area contributed by atoms with Crippen LogP contribution in [0.15, 0.2) is 59.5 Å². The van der Waals surface area contributed by atoms with Gasteiger partial charge >= 0.3 is 0 Å². The fourth-order valence-corrected chi connectivity index (χ4v) is 2.42. The molecule has 0 saturated heterocycles. The Morgan fingerprint density at radius 3 is 2.85 bits per heavy atom.